The number of hydrogen-bond acceptors (Lipinski definition) is 2. The highest BCUT2D eigenvalue weighted by atomic mass is 35.5. The van der Waals surface area contributed by atoms with Gasteiger partial charge in [-0.2, -0.15) is 4.73 Å². The quantitative estimate of drug-likeness (QED) is 0.611. The summed E-state index contributed by atoms with van der Waals surface area (Å²) in [5.74, 6) is 0. The lowest BCUT2D eigenvalue weighted by Crippen LogP contribution is -1.88. The van der Waals surface area contributed by atoms with Crippen molar-refractivity contribution in [3.05, 3.63) is 29.5 Å². The molecule has 56 valence electrons. The molecule has 3 nitrogen and oxygen atoms in total. The topological polar surface area (TPSA) is 38.0 Å². The second-order valence-corrected chi connectivity index (χ2v) is 2.60. The highest BCUT2D eigenvalue weighted by Gasteiger charge is 2.02. The van der Waals surface area contributed by atoms with Gasteiger partial charge in [-0.15, -0.1) is 0 Å². The van der Waals surface area contributed by atoms with Crippen LogP contribution in [-0.4, -0.2) is 14.9 Å². The van der Waals surface area contributed by atoms with Crippen LogP contribution in [-0.2, 0) is 0 Å². The van der Waals surface area contributed by atoms with Gasteiger partial charge in [0.25, 0.3) is 0 Å². The molecule has 0 atom stereocenters. The number of nitrogens with zero attached hydrogens (tertiary/aromatic N) is 2. The number of pyridine rings is 1. The zero-order chi connectivity index (χ0) is 7.84. The molecule has 4 heteroatoms. The predicted molar refractivity (Wildman–Crippen MR) is 41.9 cm³/mol. The van der Waals surface area contributed by atoms with Gasteiger partial charge in [-0.3, -0.25) is 0 Å². The van der Waals surface area contributed by atoms with E-state index in [2.05, 4.69) is 4.98 Å². The van der Waals surface area contributed by atoms with Gasteiger partial charge in [0.15, 0.2) is 5.65 Å². The van der Waals surface area contributed by atoms with Gasteiger partial charge < -0.3 is 5.21 Å². The van der Waals surface area contributed by atoms with Crippen molar-refractivity contribution in [3.63, 3.8) is 0 Å². The van der Waals surface area contributed by atoms with Gasteiger partial charge in [-0.1, -0.05) is 11.6 Å². The Morgan fingerprint density at radius 3 is 3.00 bits per heavy atom. The first kappa shape index (κ1) is 6.49. The highest BCUT2D eigenvalue weighted by molar-refractivity contribution is 6.35. The van der Waals surface area contributed by atoms with Crippen LogP contribution in [0, 0.1) is 0 Å². The van der Waals surface area contributed by atoms with Gasteiger partial charge >= 0.3 is 0 Å². The molecule has 0 aliphatic heterocycles. The minimum absolute atomic E-state index is 0.484. The second kappa shape index (κ2) is 2.13. The molecule has 0 saturated carbocycles. The number of rotatable bonds is 0. The molecular formula is C7H5ClN2O. The smallest absolute Gasteiger partial charge is 0.176 e. The monoisotopic (exact) mass is 168 g/mol. The molecule has 0 radical (unpaired) electrons. The standard InChI is InChI=1S/C7H5ClN2O/c8-6-1-3-9-7-5(6)2-4-10(7)11/h1-4,11H. The molecule has 1 N–H and O–H groups in total. The molecular weight excluding hydrogens is 164 g/mol. The number of hydrogen-bond donors (Lipinski definition) is 1. The fourth-order valence-corrected chi connectivity index (χ4v) is 1.20. The maximum Gasteiger partial charge on any atom is 0.176 e. The number of aromatic nitrogens is 2. The first-order valence-electron chi connectivity index (χ1n) is 3.10. The lowest BCUT2D eigenvalue weighted by Gasteiger charge is -1.93. The van der Waals surface area contributed by atoms with Crippen molar-refractivity contribution in [2.45, 2.75) is 0 Å². The summed E-state index contributed by atoms with van der Waals surface area (Å²) < 4.78 is 0.946. The third-order valence-corrected chi connectivity index (χ3v) is 1.84. The lowest BCUT2D eigenvalue weighted by atomic mass is 10.3. The molecule has 0 saturated heterocycles. The van der Waals surface area contributed by atoms with Gasteiger partial charge in [-0.25, -0.2) is 4.98 Å². The van der Waals surface area contributed by atoms with E-state index in [9.17, 15) is 0 Å². The first-order valence-corrected chi connectivity index (χ1v) is 3.47. The summed E-state index contributed by atoms with van der Waals surface area (Å²) in [6, 6.07) is 3.40. The summed E-state index contributed by atoms with van der Waals surface area (Å²) in [4.78, 5) is 3.93. The van der Waals surface area contributed by atoms with E-state index in [0.717, 1.165) is 10.1 Å². The molecule has 2 heterocycles. The van der Waals surface area contributed by atoms with Crippen LogP contribution in [0.2, 0.25) is 5.02 Å². The zero-order valence-corrected chi connectivity index (χ0v) is 6.28. The lowest BCUT2D eigenvalue weighted by molar-refractivity contribution is 0.198. The summed E-state index contributed by atoms with van der Waals surface area (Å²) in [5.41, 5.74) is 0.484. The molecule has 0 aliphatic rings. The van der Waals surface area contributed by atoms with E-state index < -0.39 is 0 Å². The molecule has 0 unspecified atom stereocenters. The van der Waals surface area contributed by atoms with Crippen LogP contribution in [0.3, 0.4) is 0 Å². The average molecular weight is 169 g/mol. The van der Waals surface area contributed by atoms with Gasteiger partial charge in [0.2, 0.25) is 0 Å². The van der Waals surface area contributed by atoms with Crippen molar-refractivity contribution < 1.29 is 5.21 Å². The van der Waals surface area contributed by atoms with Crippen molar-refractivity contribution in [1.29, 1.82) is 0 Å². The number of halogens is 1. The van der Waals surface area contributed by atoms with E-state index >= 15 is 0 Å². The van der Waals surface area contributed by atoms with Crippen molar-refractivity contribution in [1.82, 2.24) is 9.71 Å². The SMILES string of the molecule is On1ccc2c(Cl)ccnc21. The Bertz CT molecular complexity index is 396. The molecule has 2 aromatic heterocycles. The van der Waals surface area contributed by atoms with E-state index in [1.54, 1.807) is 18.3 Å². The maximum atomic E-state index is 9.13. The van der Waals surface area contributed by atoms with Crippen LogP contribution in [0.4, 0.5) is 0 Å². The molecule has 0 aromatic carbocycles. The Morgan fingerprint density at radius 1 is 1.45 bits per heavy atom. The Balaban J connectivity index is 2.94. The summed E-state index contributed by atoms with van der Waals surface area (Å²) in [7, 11) is 0. The van der Waals surface area contributed by atoms with E-state index in [1.807, 2.05) is 0 Å². The highest BCUT2D eigenvalue weighted by Crippen LogP contribution is 2.20. The van der Waals surface area contributed by atoms with E-state index in [4.69, 9.17) is 16.8 Å². The van der Waals surface area contributed by atoms with Crippen LogP contribution < -0.4 is 0 Å². The Hall–Kier alpha value is -1.22. The molecule has 0 amide bonds. The minimum Gasteiger partial charge on any atom is -0.427 e. The fourth-order valence-electron chi connectivity index (χ4n) is 0.992. The largest absolute Gasteiger partial charge is 0.427 e. The van der Waals surface area contributed by atoms with Gasteiger partial charge in [0, 0.05) is 17.8 Å². The van der Waals surface area contributed by atoms with Crippen molar-refractivity contribution in [2.75, 3.05) is 0 Å². The summed E-state index contributed by atoms with van der Waals surface area (Å²) in [6.45, 7) is 0. The van der Waals surface area contributed by atoms with E-state index in [0.29, 0.717) is 10.7 Å². The molecule has 0 fully saturated rings. The normalized spacial score (nSPS) is 10.6. The molecule has 11 heavy (non-hydrogen) atoms. The maximum absolute atomic E-state index is 9.13. The third kappa shape index (κ3) is 0.851. The van der Waals surface area contributed by atoms with Crippen LogP contribution >= 0.6 is 11.6 Å². The predicted octanol–water partition coefficient (Wildman–Crippen LogP) is 1.93. The van der Waals surface area contributed by atoms with Crippen molar-refractivity contribution in [2.24, 2.45) is 0 Å². The molecule has 0 bridgehead atoms. The zero-order valence-electron chi connectivity index (χ0n) is 5.53. The van der Waals surface area contributed by atoms with Crippen molar-refractivity contribution >= 4 is 22.6 Å². The van der Waals surface area contributed by atoms with Gasteiger partial charge in [0.05, 0.1) is 5.02 Å². The molecule has 2 rings (SSSR count). The molecule has 0 spiro atoms. The first-order chi connectivity index (χ1) is 5.29. The molecule has 0 aliphatic carbocycles. The van der Waals surface area contributed by atoms with Crippen LogP contribution in [0.25, 0.3) is 11.0 Å². The average Bonchev–Trinajstić information content (AvgIpc) is 2.35. The second-order valence-electron chi connectivity index (χ2n) is 2.19. The molecule has 2 aromatic rings. The third-order valence-electron chi connectivity index (χ3n) is 1.52. The summed E-state index contributed by atoms with van der Waals surface area (Å²) >= 11 is 5.81. The van der Waals surface area contributed by atoms with E-state index in [1.165, 1.54) is 6.20 Å². The fraction of sp³-hybridized carbons (Fsp3) is 0. The summed E-state index contributed by atoms with van der Waals surface area (Å²) in [5, 5.41) is 10.5. The minimum atomic E-state index is 0.484. The van der Waals surface area contributed by atoms with Crippen LogP contribution in [0.15, 0.2) is 24.5 Å². The Labute approximate surface area is 67.8 Å². The van der Waals surface area contributed by atoms with Gasteiger partial charge in [0.1, 0.15) is 0 Å². The van der Waals surface area contributed by atoms with Crippen LogP contribution in [0.1, 0.15) is 0 Å². The Morgan fingerprint density at radius 2 is 2.27 bits per heavy atom. The summed E-state index contributed by atoms with van der Waals surface area (Å²) in [6.07, 6.45) is 3.06. The van der Waals surface area contributed by atoms with Crippen molar-refractivity contribution in [3.8, 4) is 0 Å². The Kier molecular flexibility index (Phi) is 1.26. The van der Waals surface area contributed by atoms with Gasteiger partial charge in [-0.05, 0) is 12.1 Å². The van der Waals surface area contributed by atoms with E-state index in [-0.39, 0.29) is 0 Å². The number of fused-ring (bicyclic) bond motifs is 1. The van der Waals surface area contributed by atoms with Crippen LogP contribution in [0.5, 0.6) is 0 Å².